The van der Waals surface area contributed by atoms with Crippen molar-refractivity contribution in [2.75, 3.05) is 39.5 Å². The molecule has 0 aliphatic rings. The van der Waals surface area contributed by atoms with Crippen molar-refractivity contribution in [2.24, 2.45) is 5.73 Å². The van der Waals surface area contributed by atoms with Crippen LogP contribution in [0.25, 0.3) is 0 Å². The molecule has 1 heterocycles. The Morgan fingerprint density at radius 1 is 0.667 bits per heavy atom. The largest absolute Gasteiger partial charge is 0.462 e. The van der Waals surface area contributed by atoms with Crippen molar-refractivity contribution in [2.45, 2.75) is 180 Å². The van der Waals surface area contributed by atoms with Crippen LogP contribution in [0, 0.1) is 0 Å². The van der Waals surface area contributed by atoms with Gasteiger partial charge in [0, 0.05) is 24.9 Å². The van der Waals surface area contributed by atoms with Gasteiger partial charge in [-0.1, -0.05) is 155 Å². The number of rotatable bonds is 35. The van der Waals surface area contributed by atoms with E-state index in [1.165, 1.54) is 154 Å². The van der Waals surface area contributed by atoms with Crippen molar-refractivity contribution in [3.8, 4) is 0 Å². The zero-order chi connectivity index (χ0) is 32.5. The lowest BCUT2D eigenvalue weighted by molar-refractivity contribution is -0.146. The highest BCUT2D eigenvalue weighted by Crippen LogP contribution is 2.14. The summed E-state index contributed by atoms with van der Waals surface area (Å²) in [6.45, 7) is 9.18. The molecule has 0 amide bonds. The quantitative estimate of drug-likeness (QED) is 0.0570. The zero-order valence-electron chi connectivity index (χ0n) is 29.8. The summed E-state index contributed by atoms with van der Waals surface area (Å²) in [6.07, 6.45) is 36.9. The lowest BCUT2D eigenvalue weighted by Gasteiger charge is -2.22. The number of nitrogens with two attached hydrogens (primary N) is 1. The number of ether oxygens (including phenoxy) is 2. The van der Waals surface area contributed by atoms with E-state index < -0.39 is 12.0 Å². The van der Waals surface area contributed by atoms with E-state index in [9.17, 15) is 4.79 Å². The van der Waals surface area contributed by atoms with Gasteiger partial charge in [-0.05, 0) is 25.9 Å². The number of esters is 1. The second-order valence-electron chi connectivity index (χ2n) is 13.3. The molecule has 1 unspecified atom stereocenters. The van der Waals surface area contributed by atoms with Gasteiger partial charge in [0.1, 0.15) is 12.6 Å². The van der Waals surface area contributed by atoms with Gasteiger partial charge in [-0.2, -0.15) is 0 Å². The van der Waals surface area contributed by atoms with Crippen LogP contribution in [0.15, 0.2) is 12.5 Å². The van der Waals surface area contributed by atoms with Crippen molar-refractivity contribution >= 4 is 5.97 Å². The number of nitrogens with one attached hydrogen (secondary N) is 1. The second-order valence-corrected chi connectivity index (χ2v) is 13.3. The SMILES string of the molecule is CCCCCCCCCCCCCCN(CCCCCCCCCCCCCC)CCOCCOC(=O)C(N)Cc1cnc[nH]1. The number of carbonyl (C=O) groups is 1. The number of H-pyrrole nitrogens is 1. The van der Waals surface area contributed by atoms with E-state index in [1.54, 1.807) is 12.5 Å². The number of aromatic amines is 1. The molecular weight excluding hydrogens is 560 g/mol. The summed E-state index contributed by atoms with van der Waals surface area (Å²) in [5.74, 6) is -0.395. The number of hydrogen-bond donors (Lipinski definition) is 2. The van der Waals surface area contributed by atoms with Gasteiger partial charge in [-0.15, -0.1) is 0 Å². The molecule has 3 N–H and O–H groups in total. The number of aromatic nitrogens is 2. The third kappa shape index (κ3) is 27.4. The van der Waals surface area contributed by atoms with Gasteiger partial charge in [0.25, 0.3) is 0 Å². The van der Waals surface area contributed by atoms with Gasteiger partial charge in [0.15, 0.2) is 0 Å². The van der Waals surface area contributed by atoms with Gasteiger partial charge in [-0.25, -0.2) is 4.98 Å². The summed E-state index contributed by atoms with van der Waals surface area (Å²) in [6, 6.07) is -0.688. The molecule has 0 spiro atoms. The van der Waals surface area contributed by atoms with Crippen molar-refractivity contribution in [1.82, 2.24) is 14.9 Å². The molecule has 45 heavy (non-hydrogen) atoms. The lowest BCUT2D eigenvalue weighted by atomic mass is 10.0. The van der Waals surface area contributed by atoms with E-state index in [-0.39, 0.29) is 6.61 Å². The Morgan fingerprint density at radius 3 is 1.53 bits per heavy atom. The fraction of sp³-hybridized carbons (Fsp3) is 0.895. The summed E-state index contributed by atoms with van der Waals surface area (Å²) >= 11 is 0. The maximum atomic E-state index is 12.2. The van der Waals surface area contributed by atoms with Crippen molar-refractivity contribution in [1.29, 1.82) is 0 Å². The van der Waals surface area contributed by atoms with Gasteiger partial charge >= 0.3 is 5.97 Å². The molecule has 264 valence electrons. The summed E-state index contributed by atoms with van der Waals surface area (Å²) in [7, 11) is 0. The summed E-state index contributed by atoms with van der Waals surface area (Å²) < 4.78 is 11.2. The molecule has 0 aliphatic heterocycles. The molecule has 0 aliphatic carbocycles. The predicted molar refractivity (Wildman–Crippen MR) is 191 cm³/mol. The highest BCUT2D eigenvalue weighted by atomic mass is 16.6. The third-order valence-corrected chi connectivity index (χ3v) is 8.98. The predicted octanol–water partition coefficient (Wildman–Crippen LogP) is 9.54. The molecule has 1 atom stereocenters. The maximum absolute atomic E-state index is 12.2. The van der Waals surface area contributed by atoms with E-state index in [1.807, 2.05) is 0 Å². The highest BCUT2D eigenvalue weighted by Gasteiger charge is 2.16. The minimum absolute atomic E-state index is 0.243. The van der Waals surface area contributed by atoms with Crippen LogP contribution < -0.4 is 5.73 Å². The molecule has 0 saturated heterocycles. The monoisotopic (exact) mass is 635 g/mol. The van der Waals surface area contributed by atoms with Crippen molar-refractivity contribution in [3.63, 3.8) is 0 Å². The Bertz CT molecular complexity index is 703. The first kappa shape index (κ1) is 41.6. The average molecular weight is 635 g/mol. The Morgan fingerprint density at radius 2 is 1.11 bits per heavy atom. The minimum atomic E-state index is -0.688. The Labute approximate surface area is 278 Å². The van der Waals surface area contributed by atoms with Crippen LogP contribution in [0.3, 0.4) is 0 Å². The van der Waals surface area contributed by atoms with E-state index in [0.29, 0.717) is 19.6 Å². The summed E-state index contributed by atoms with van der Waals surface area (Å²) in [5.41, 5.74) is 6.79. The van der Waals surface area contributed by atoms with Crippen LogP contribution in [0.4, 0.5) is 0 Å². The molecule has 1 rings (SSSR count). The van der Waals surface area contributed by atoms with Gasteiger partial charge in [0.05, 0.1) is 19.5 Å². The van der Waals surface area contributed by atoms with Crippen LogP contribution >= 0.6 is 0 Å². The molecular formula is C38H74N4O3. The standard InChI is InChI=1S/C38H74N4O3/c1-3-5-7-9-11-13-15-17-19-21-23-25-27-42(28-26-24-22-20-18-16-14-12-10-8-6-4-2)29-30-44-31-32-45-38(43)37(39)33-36-34-40-35-41-36/h34-35,37H,3-33,39H2,1-2H3,(H,40,41). The Kier molecular flexibility index (Phi) is 30.0. The smallest absolute Gasteiger partial charge is 0.323 e. The van der Waals surface area contributed by atoms with E-state index in [2.05, 4.69) is 28.7 Å². The van der Waals surface area contributed by atoms with Crippen molar-refractivity contribution in [3.05, 3.63) is 18.2 Å². The molecule has 7 heteroatoms. The normalized spacial score (nSPS) is 12.3. The fourth-order valence-corrected chi connectivity index (χ4v) is 6.01. The topological polar surface area (TPSA) is 93.5 Å². The number of nitrogens with zero attached hydrogens (tertiary/aromatic N) is 2. The zero-order valence-corrected chi connectivity index (χ0v) is 29.8. The van der Waals surface area contributed by atoms with Crippen molar-refractivity contribution < 1.29 is 14.3 Å². The highest BCUT2D eigenvalue weighted by molar-refractivity contribution is 5.75. The molecule has 7 nitrogen and oxygen atoms in total. The molecule has 0 fully saturated rings. The Hall–Kier alpha value is -1.44. The van der Waals surface area contributed by atoms with Crippen LogP contribution in [0.5, 0.6) is 0 Å². The molecule has 0 aromatic carbocycles. The summed E-state index contributed by atoms with van der Waals surface area (Å²) in [4.78, 5) is 21.7. The average Bonchev–Trinajstić information content (AvgIpc) is 3.56. The number of imidazole rings is 1. The van der Waals surface area contributed by atoms with Crippen LogP contribution in [0.1, 0.15) is 174 Å². The van der Waals surface area contributed by atoms with E-state index in [0.717, 1.165) is 25.3 Å². The van der Waals surface area contributed by atoms with E-state index in [4.69, 9.17) is 15.2 Å². The first-order valence-electron chi connectivity index (χ1n) is 19.4. The van der Waals surface area contributed by atoms with E-state index >= 15 is 0 Å². The lowest BCUT2D eigenvalue weighted by Crippen LogP contribution is -2.35. The molecule has 1 aromatic rings. The van der Waals surface area contributed by atoms with Crippen LogP contribution in [-0.2, 0) is 20.7 Å². The fourth-order valence-electron chi connectivity index (χ4n) is 6.01. The number of carbonyl (C=O) groups excluding carboxylic acids is 1. The first-order chi connectivity index (χ1) is 22.2. The molecule has 0 saturated carbocycles. The minimum Gasteiger partial charge on any atom is -0.462 e. The summed E-state index contributed by atoms with van der Waals surface area (Å²) in [5, 5.41) is 0. The van der Waals surface area contributed by atoms with Gasteiger partial charge < -0.3 is 25.1 Å². The molecule has 0 bridgehead atoms. The second kappa shape index (κ2) is 32.5. The molecule has 1 aromatic heterocycles. The first-order valence-corrected chi connectivity index (χ1v) is 19.4. The van der Waals surface area contributed by atoms with Gasteiger partial charge in [0.2, 0.25) is 0 Å². The molecule has 0 radical (unpaired) electrons. The van der Waals surface area contributed by atoms with Crippen LogP contribution in [0.2, 0.25) is 0 Å². The third-order valence-electron chi connectivity index (χ3n) is 8.98. The van der Waals surface area contributed by atoms with Gasteiger partial charge in [-0.3, -0.25) is 4.79 Å². The van der Waals surface area contributed by atoms with Crippen LogP contribution in [-0.4, -0.2) is 66.3 Å². The number of hydrogen-bond acceptors (Lipinski definition) is 6. The maximum Gasteiger partial charge on any atom is 0.323 e. The number of unbranched alkanes of at least 4 members (excludes halogenated alkanes) is 22. The Balaban J connectivity index is 2.16.